The Labute approximate surface area is 127 Å². The molecule has 21 heavy (non-hydrogen) atoms. The molecule has 0 spiro atoms. The van der Waals surface area contributed by atoms with Gasteiger partial charge in [0.2, 0.25) is 10.0 Å². The van der Waals surface area contributed by atoms with Crippen LogP contribution in [0.1, 0.15) is 30.9 Å². The van der Waals surface area contributed by atoms with Gasteiger partial charge in [0.15, 0.2) is 0 Å². The molecule has 118 valence electrons. The third-order valence-electron chi connectivity index (χ3n) is 4.38. The van der Waals surface area contributed by atoms with Gasteiger partial charge in [-0.3, -0.25) is 4.90 Å². The van der Waals surface area contributed by atoms with Gasteiger partial charge in [-0.05, 0) is 63.9 Å². The van der Waals surface area contributed by atoms with Crippen molar-refractivity contribution in [1.29, 1.82) is 0 Å². The zero-order chi connectivity index (χ0) is 15.8. The van der Waals surface area contributed by atoms with Crippen molar-refractivity contribution < 1.29 is 8.42 Å². The van der Waals surface area contributed by atoms with Crippen molar-refractivity contribution in [3.05, 3.63) is 23.3 Å². The lowest BCUT2D eigenvalue weighted by molar-refractivity contribution is 0.248. The quantitative estimate of drug-likeness (QED) is 0.783. The van der Waals surface area contributed by atoms with Crippen LogP contribution in [0.2, 0.25) is 0 Å². The smallest absolute Gasteiger partial charge is 0.240 e. The number of nitrogens with two attached hydrogens (primary N) is 1. The van der Waals surface area contributed by atoms with E-state index in [4.69, 9.17) is 5.73 Å². The summed E-state index contributed by atoms with van der Waals surface area (Å²) >= 11 is 0. The van der Waals surface area contributed by atoms with E-state index < -0.39 is 10.0 Å². The molecule has 1 unspecified atom stereocenters. The lowest BCUT2D eigenvalue weighted by Crippen LogP contribution is -2.41. The summed E-state index contributed by atoms with van der Waals surface area (Å²) in [7, 11) is -1.47. The lowest BCUT2D eigenvalue weighted by Gasteiger charge is -2.24. The van der Waals surface area contributed by atoms with Gasteiger partial charge in [0, 0.05) is 24.3 Å². The molecule has 0 aromatic heterocycles. The number of anilines is 1. The molecule has 1 atom stereocenters. The molecule has 1 aliphatic rings. The zero-order valence-electron chi connectivity index (χ0n) is 13.2. The average Bonchev–Trinajstić information content (AvgIpc) is 3.25. The molecule has 1 aromatic carbocycles. The highest BCUT2D eigenvalue weighted by Crippen LogP contribution is 2.27. The number of likely N-dealkylation sites (N-methyl/N-ethyl adjacent to an activating group) is 1. The van der Waals surface area contributed by atoms with E-state index in [1.807, 2.05) is 27.8 Å². The Balaban J connectivity index is 2.07. The molecule has 0 saturated heterocycles. The first-order valence-electron chi connectivity index (χ1n) is 7.30. The van der Waals surface area contributed by atoms with Gasteiger partial charge in [-0.1, -0.05) is 0 Å². The number of nitrogens with one attached hydrogen (secondary N) is 1. The molecular formula is C15H25N3O2S. The van der Waals surface area contributed by atoms with Crippen LogP contribution in [0.3, 0.4) is 0 Å². The summed E-state index contributed by atoms with van der Waals surface area (Å²) in [6.07, 6.45) is 2.42. The maximum absolute atomic E-state index is 12.4. The molecule has 1 aliphatic carbocycles. The molecule has 0 radical (unpaired) electrons. The summed E-state index contributed by atoms with van der Waals surface area (Å²) in [6, 6.07) is 3.99. The second-order valence-corrected chi connectivity index (χ2v) is 7.82. The van der Waals surface area contributed by atoms with Crippen LogP contribution >= 0.6 is 0 Å². The van der Waals surface area contributed by atoms with Crippen molar-refractivity contribution in [2.24, 2.45) is 0 Å². The zero-order valence-corrected chi connectivity index (χ0v) is 14.0. The van der Waals surface area contributed by atoms with Gasteiger partial charge >= 0.3 is 0 Å². The maximum Gasteiger partial charge on any atom is 0.240 e. The van der Waals surface area contributed by atoms with E-state index >= 15 is 0 Å². The Morgan fingerprint density at radius 3 is 2.52 bits per heavy atom. The molecule has 0 amide bonds. The summed E-state index contributed by atoms with van der Waals surface area (Å²) in [6.45, 7) is 6.20. The Morgan fingerprint density at radius 1 is 1.38 bits per heavy atom. The second kappa shape index (κ2) is 5.94. The van der Waals surface area contributed by atoms with Gasteiger partial charge in [-0.2, -0.15) is 0 Å². The fraction of sp³-hybridized carbons (Fsp3) is 0.600. The number of benzene rings is 1. The molecule has 6 heteroatoms. The van der Waals surface area contributed by atoms with E-state index in [0.717, 1.165) is 11.1 Å². The van der Waals surface area contributed by atoms with Crippen LogP contribution in [-0.2, 0) is 10.0 Å². The molecule has 5 nitrogen and oxygen atoms in total. The van der Waals surface area contributed by atoms with Crippen LogP contribution in [0.25, 0.3) is 0 Å². The van der Waals surface area contributed by atoms with E-state index in [1.165, 1.54) is 18.9 Å². The number of nitrogens with zero attached hydrogens (tertiary/aromatic N) is 1. The minimum atomic E-state index is -3.51. The van der Waals surface area contributed by atoms with Crippen LogP contribution in [0.4, 0.5) is 5.69 Å². The Hall–Kier alpha value is -1.11. The number of sulfonamides is 1. The minimum absolute atomic E-state index is 0.177. The number of rotatable bonds is 6. The van der Waals surface area contributed by atoms with Crippen LogP contribution in [0.5, 0.6) is 0 Å². The van der Waals surface area contributed by atoms with Crippen LogP contribution in [0.15, 0.2) is 17.0 Å². The molecule has 1 saturated carbocycles. The standard InChI is InChI=1S/C15H25N3O2S/c1-10-7-14(8-15(16)12(10)3)21(19,20)17-9-11(2)18(4)13-5-6-13/h7-8,11,13,17H,5-6,9,16H2,1-4H3. The third kappa shape index (κ3) is 3.75. The third-order valence-corrected chi connectivity index (χ3v) is 5.78. The van der Waals surface area contributed by atoms with Crippen molar-refractivity contribution in [3.63, 3.8) is 0 Å². The summed E-state index contributed by atoms with van der Waals surface area (Å²) < 4.78 is 27.4. The highest BCUT2D eigenvalue weighted by atomic mass is 32.2. The lowest BCUT2D eigenvalue weighted by atomic mass is 10.1. The van der Waals surface area contributed by atoms with E-state index in [1.54, 1.807) is 6.07 Å². The molecule has 1 aromatic rings. The van der Waals surface area contributed by atoms with Gasteiger partial charge in [-0.15, -0.1) is 0 Å². The average molecular weight is 311 g/mol. The van der Waals surface area contributed by atoms with Gasteiger partial charge in [0.1, 0.15) is 0 Å². The minimum Gasteiger partial charge on any atom is -0.398 e. The first-order chi connectivity index (χ1) is 9.72. The molecule has 2 rings (SSSR count). The summed E-state index contributed by atoms with van der Waals surface area (Å²) in [4.78, 5) is 2.47. The Bertz CT molecular complexity index is 601. The summed E-state index contributed by atoms with van der Waals surface area (Å²) in [5, 5.41) is 0. The largest absolute Gasteiger partial charge is 0.398 e. The van der Waals surface area contributed by atoms with Crippen molar-refractivity contribution in [1.82, 2.24) is 9.62 Å². The predicted molar refractivity (Wildman–Crippen MR) is 85.8 cm³/mol. The normalized spacial score (nSPS) is 17.2. The molecule has 1 fully saturated rings. The fourth-order valence-corrected chi connectivity index (χ4v) is 3.55. The second-order valence-electron chi connectivity index (χ2n) is 6.05. The number of aryl methyl sites for hydroxylation is 1. The molecule has 0 heterocycles. The predicted octanol–water partition coefficient (Wildman–Crippen LogP) is 1.65. The van der Waals surface area contributed by atoms with Crippen molar-refractivity contribution in [2.45, 2.75) is 50.6 Å². The fourth-order valence-electron chi connectivity index (χ4n) is 2.31. The first kappa shape index (κ1) is 16.3. The van der Waals surface area contributed by atoms with Crippen LogP contribution < -0.4 is 10.5 Å². The summed E-state index contributed by atoms with van der Waals surface area (Å²) in [5.41, 5.74) is 8.20. The SMILES string of the molecule is Cc1cc(S(=O)(=O)NCC(C)N(C)C2CC2)cc(N)c1C. The van der Waals surface area contributed by atoms with Crippen molar-refractivity contribution in [2.75, 3.05) is 19.3 Å². The van der Waals surface area contributed by atoms with Crippen LogP contribution in [0, 0.1) is 13.8 Å². The van der Waals surface area contributed by atoms with E-state index in [-0.39, 0.29) is 10.9 Å². The molecular weight excluding hydrogens is 286 g/mol. The van der Waals surface area contributed by atoms with Gasteiger partial charge < -0.3 is 5.73 Å². The van der Waals surface area contributed by atoms with Gasteiger partial charge in [-0.25, -0.2) is 13.1 Å². The molecule has 0 aliphatic heterocycles. The number of nitrogen functional groups attached to an aromatic ring is 1. The number of hydrogen-bond acceptors (Lipinski definition) is 4. The van der Waals surface area contributed by atoms with Crippen molar-refractivity contribution >= 4 is 15.7 Å². The number of hydrogen-bond donors (Lipinski definition) is 2. The van der Waals surface area contributed by atoms with Gasteiger partial charge in [0.05, 0.1) is 4.90 Å². The van der Waals surface area contributed by atoms with Crippen LogP contribution in [-0.4, -0.2) is 39.0 Å². The maximum atomic E-state index is 12.4. The summed E-state index contributed by atoms with van der Waals surface area (Å²) in [5.74, 6) is 0. The van der Waals surface area contributed by atoms with Crippen molar-refractivity contribution in [3.8, 4) is 0 Å². The molecule has 0 bridgehead atoms. The Morgan fingerprint density at radius 2 is 2.00 bits per heavy atom. The van der Waals surface area contributed by atoms with E-state index in [9.17, 15) is 8.42 Å². The topological polar surface area (TPSA) is 75.4 Å². The monoisotopic (exact) mass is 311 g/mol. The van der Waals surface area contributed by atoms with Gasteiger partial charge in [0.25, 0.3) is 0 Å². The molecule has 3 N–H and O–H groups in total. The highest BCUT2D eigenvalue weighted by molar-refractivity contribution is 7.89. The first-order valence-corrected chi connectivity index (χ1v) is 8.79. The highest BCUT2D eigenvalue weighted by Gasteiger charge is 2.29. The van der Waals surface area contributed by atoms with E-state index in [0.29, 0.717) is 18.3 Å². The van der Waals surface area contributed by atoms with E-state index in [2.05, 4.69) is 9.62 Å². The Kier molecular flexibility index (Phi) is 4.60.